The molecule has 9 heteroatoms. The summed E-state index contributed by atoms with van der Waals surface area (Å²) in [6.45, 7) is 2.65. The number of rotatable bonds is 10. The van der Waals surface area contributed by atoms with Crippen molar-refractivity contribution in [2.75, 3.05) is 13.7 Å². The number of alkyl halides is 3. The van der Waals surface area contributed by atoms with E-state index in [1.807, 2.05) is 43.3 Å². The predicted octanol–water partition coefficient (Wildman–Crippen LogP) is 5.01. The van der Waals surface area contributed by atoms with Gasteiger partial charge >= 0.3 is 18.1 Å². The topological polar surface area (TPSA) is 71.5 Å². The number of nitrogens with one attached hydrogen (secondary N) is 1. The number of benzene rings is 1. The molecular weight excluding hydrogens is 483 g/mol. The van der Waals surface area contributed by atoms with Crippen LogP contribution in [0.4, 0.5) is 13.2 Å². The molecule has 2 aromatic rings. The zero-order valence-electron chi connectivity index (χ0n) is 21.0. The van der Waals surface area contributed by atoms with E-state index < -0.39 is 24.1 Å². The number of pyridine rings is 1. The predicted molar refractivity (Wildman–Crippen MR) is 133 cm³/mol. The fourth-order valence-electron chi connectivity index (χ4n) is 5.04. The molecule has 0 bridgehead atoms. The van der Waals surface area contributed by atoms with Gasteiger partial charge in [-0.05, 0) is 48.8 Å². The van der Waals surface area contributed by atoms with Crippen molar-refractivity contribution in [3.8, 4) is 0 Å². The van der Waals surface area contributed by atoms with E-state index in [0.29, 0.717) is 25.8 Å². The Kier molecular flexibility index (Phi) is 8.32. The van der Waals surface area contributed by atoms with Gasteiger partial charge in [0.15, 0.2) is 0 Å². The molecule has 0 saturated heterocycles. The van der Waals surface area contributed by atoms with Crippen LogP contribution in [0, 0.1) is 11.8 Å². The van der Waals surface area contributed by atoms with E-state index in [2.05, 4.69) is 15.0 Å². The molecule has 1 heterocycles. The monoisotopic (exact) mass is 515 g/mol. The summed E-state index contributed by atoms with van der Waals surface area (Å²) in [6.07, 6.45) is 1.46. The van der Waals surface area contributed by atoms with Gasteiger partial charge < -0.3 is 15.0 Å². The van der Waals surface area contributed by atoms with Crippen molar-refractivity contribution in [2.24, 2.45) is 11.8 Å². The first-order valence-electron chi connectivity index (χ1n) is 12.6. The number of aromatic nitrogens is 1. The van der Waals surface area contributed by atoms with Gasteiger partial charge in [0.1, 0.15) is 5.69 Å². The summed E-state index contributed by atoms with van der Waals surface area (Å²) in [7, 11) is 1.30. The van der Waals surface area contributed by atoms with Gasteiger partial charge in [-0.15, -0.1) is 0 Å². The Morgan fingerprint density at radius 1 is 1.14 bits per heavy atom. The summed E-state index contributed by atoms with van der Waals surface area (Å²) < 4.78 is 45.0. The molecule has 2 atom stereocenters. The Balaban J connectivity index is 1.32. The molecule has 1 aromatic heterocycles. The summed E-state index contributed by atoms with van der Waals surface area (Å²) in [6, 6.07) is 12.8. The lowest BCUT2D eigenvalue weighted by atomic mass is 9.79. The highest BCUT2D eigenvalue weighted by Gasteiger charge is 2.53. The maximum absolute atomic E-state index is 13.4. The van der Waals surface area contributed by atoms with Crippen LogP contribution in [0.5, 0.6) is 0 Å². The molecule has 2 aliphatic rings. The standard InChI is InChI=1S/C28H32F3N3O3/c1-3-21(11-18-7-5-4-6-8-18)23-14-25(23)34(27(36)28(29,30)31)17-20-12-22(13-20)32-15-19-9-10-24(33-16-19)26(35)37-2/h4-11,16,20,22-23,25,32H,3,12-15,17H2,1-2H3/b21-11+/t20-,22-,23-,25+/m0/s1. The molecule has 198 valence electrons. The van der Waals surface area contributed by atoms with Gasteiger partial charge in [0, 0.05) is 37.3 Å². The first-order chi connectivity index (χ1) is 17.7. The van der Waals surface area contributed by atoms with E-state index in [4.69, 9.17) is 0 Å². The summed E-state index contributed by atoms with van der Waals surface area (Å²) in [4.78, 5) is 29.0. The molecule has 2 fully saturated rings. The van der Waals surface area contributed by atoms with E-state index in [-0.39, 0.29) is 30.1 Å². The highest BCUT2D eigenvalue weighted by molar-refractivity contribution is 5.87. The van der Waals surface area contributed by atoms with Crippen molar-refractivity contribution in [1.29, 1.82) is 0 Å². The van der Waals surface area contributed by atoms with Crippen LogP contribution < -0.4 is 5.32 Å². The van der Waals surface area contributed by atoms with Crippen LogP contribution in [0.3, 0.4) is 0 Å². The Labute approximate surface area is 214 Å². The van der Waals surface area contributed by atoms with Crippen molar-refractivity contribution in [1.82, 2.24) is 15.2 Å². The SMILES string of the molecule is CC/C(=C\c1ccccc1)[C@@H]1C[C@H]1N(C[C@H]1C[C@H](NCc2ccc(C(=O)OC)nc2)C1)C(=O)C(F)(F)F. The number of hydrogen-bond donors (Lipinski definition) is 1. The molecule has 1 N–H and O–H groups in total. The molecule has 6 nitrogen and oxygen atoms in total. The lowest BCUT2D eigenvalue weighted by Gasteiger charge is -2.39. The van der Waals surface area contributed by atoms with Gasteiger partial charge in [-0.25, -0.2) is 9.78 Å². The van der Waals surface area contributed by atoms with Crippen LogP contribution in [0.25, 0.3) is 6.08 Å². The number of hydrogen-bond acceptors (Lipinski definition) is 5. The molecule has 0 unspecified atom stereocenters. The smallest absolute Gasteiger partial charge is 0.464 e. The highest BCUT2D eigenvalue weighted by Crippen LogP contribution is 2.46. The first kappa shape index (κ1) is 26.9. The Morgan fingerprint density at radius 3 is 2.46 bits per heavy atom. The molecular formula is C28H32F3N3O3. The van der Waals surface area contributed by atoms with Crippen molar-refractivity contribution in [2.45, 2.75) is 57.4 Å². The fraction of sp³-hybridized carbons (Fsp3) is 0.464. The van der Waals surface area contributed by atoms with Crippen LogP contribution in [0.15, 0.2) is 54.2 Å². The van der Waals surface area contributed by atoms with Crippen molar-refractivity contribution < 1.29 is 27.5 Å². The minimum absolute atomic E-state index is 0.0213. The van der Waals surface area contributed by atoms with E-state index in [1.165, 1.54) is 7.11 Å². The average molecular weight is 516 g/mol. The zero-order valence-corrected chi connectivity index (χ0v) is 21.0. The molecule has 0 spiro atoms. The van der Waals surface area contributed by atoms with Crippen molar-refractivity contribution in [3.63, 3.8) is 0 Å². The maximum Gasteiger partial charge on any atom is 0.471 e. The highest BCUT2D eigenvalue weighted by atomic mass is 19.4. The third-order valence-electron chi connectivity index (χ3n) is 7.20. The molecule has 2 aliphatic carbocycles. The fourth-order valence-corrected chi connectivity index (χ4v) is 5.04. The quantitative estimate of drug-likeness (QED) is 0.451. The number of amides is 1. The van der Waals surface area contributed by atoms with Crippen LogP contribution in [0.2, 0.25) is 0 Å². The summed E-state index contributed by atoms with van der Waals surface area (Å²) in [5.41, 5.74) is 3.22. The zero-order chi connectivity index (χ0) is 26.6. The molecule has 0 aliphatic heterocycles. The second-order valence-electron chi connectivity index (χ2n) is 9.81. The number of carbonyl (C=O) groups excluding carboxylic acids is 2. The number of methoxy groups -OCH3 is 1. The Bertz CT molecular complexity index is 1110. The van der Waals surface area contributed by atoms with Crippen LogP contribution in [-0.4, -0.2) is 53.7 Å². The summed E-state index contributed by atoms with van der Waals surface area (Å²) >= 11 is 0. The Hall–Kier alpha value is -3.20. The van der Waals surface area contributed by atoms with E-state index >= 15 is 0 Å². The van der Waals surface area contributed by atoms with Gasteiger partial charge in [0.05, 0.1) is 7.11 Å². The minimum atomic E-state index is -4.88. The lowest BCUT2D eigenvalue weighted by molar-refractivity contribution is -0.187. The third-order valence-corrected chi connectivity index (χ3v) is 7.20. The van der Waals surface area contributed by atoms with Crippen molar-refractivity contribution in [3.05, 3.63) is 71.1 Å². The summed E-state index contributed by atoms with van der Waals surface area (Å²) in [5, 5.41) is 3.38. The Morgan fingerprint density at radius 2 is 1.86 bits per heavy atom. The number of carbonyl (C=O) groups is 2. The molecule has 2 saturated carbocycles. The normalized spacial score (nSPS) is 23.2. The van der Waals surface area contributed by atoms with Crippen molar-refractivity contribution >= 4 is 18.0 Å². The number of halogens is 3. The molecule has 4 rings (SSSR count). The van der Waals surface area contributed by atoms with E-state index in [0.717, 1.165) is 28.0 Å². The van der Waals surface area contributed by atoms with E-state index in [9.17, 15) is 22.8 Å². The van der Waals surface area contributed by atoms with Crippen LogP contribution >= 0.6 is 0 Å². The molecule has 1 aromatic carbocycles. The van der Waals surface area contributed by atoms with Gasteiger partial charge in [-0.2, -0.15) is 13.2 Å². The average Bonchev–Trinajstić information content (AvgIpc) is 3.66. The largest absolute Gasteiger partial charge is 0.471 e. The molecule has 37 heavy (non-hydrogen) atoms. The minimum Gasteiger partial charge on any atom is -0.464 e. The first-order valence-corrected chi connectivity index (χ1v) is 12.6. The van der Waals surface area contributed by atoms with E-state index in [1.54, 1.807) is 18.3 Å². The van der Waals surface area contributed by atoms with Crippen LogP contribution in [-0.2, 0) is 16.1 Å². The van der Waals surface area contributed by atoms with Gasteiger partial charge in [-0.1, -0.05) is 55.0 Å². The number of ether oxygens (including phenoxy) is 1. The number of esters is 1. The second-order valence-corrected chi connectivity index (χ2v) is 9.81. The third kappa shape index (κ3) is 6.77. The van der Waals surface area contributed by atoms with Gasteiger partial charge in [0.2, 0.25) is 0 Å². The number of nitrogens with zero attached hydrogens (tertiary/aromatic N) is 2. The maximum atomic E-state index is 13.4. The second kappa shape index (κ2) is 11.5. The summed E-state index contributed by atoms with van der Waals surface area (Å²) in [5.74, 6) is -2.25. The molecule has 0 radical (unpaired) electrons. The molecule has 1 amide bonds. The van der Waals surface area contributed by atoms with Gasteiger partial charge in [0.25, 0.3) is 0 Å². The van der Waals surface area contributed by atoms with Gasteiger partial charge in [-0.3, -0.25) is 4.79 Å². The van der Waals surface area contributed by atoms with Crippen LogP contribution in [0.1, 0.15) is 54.2 Å². The lowest BCUT2D eigenvalue weighted by Crippen LogP contribution is -2.50.